The van der Waals surface area contributed by atoms with Crippen molar-refractivity contribution in [3.63, 3.8) is 0 Å². The van der Waals surface area contributed by atoms with Gasteiger partial charge in [0.2, 0.25) is 0 Å². The molecule has 1 amide bonds. The van der Waals surface area contributed by atoms with E-state index >= 15 is 0 Å². The van der Waals surface area contributed by atoms with Crippen LogP contribution >= 0.6 is 0 Å². The quantitative estimate of drug-likeness (QED) is 0.625. The minimum absolute atomic E-state index is 0.236. The molecule has 0 saturated heterocycles. The zero-order valence-electron chi connectivity index (χ0n) is 14.2. The summed E-state index contributed by atoms with van der Waals surface area (Å²) in [5.41, 5.74) is 4.87. The van der Waals surface area contributed by atoms with Gasteiger partial charge in [0, 0.05) is 5.56 Å². The maximum Gasteiger partial charge on any atom is 0.271 e. The standard InChI is InChI=1S/C19H22N2O3/c1-4-23-17-11-10-15(12-18(17)24-5-2)13-20-21-19(22)16-9-7-6-8-14(16)3/h6-13H,4-5H2,1-3H3,(H,21,22)/b20-13-. The zero-order valence-corrected chi connectivity index (χ0v) is 14.2. The fourth-order valence-electron chi connectivity index (χ4n) is 2.20. The molecule has 0 spiro atoms. The van der Waals surface area contributed by atoms with E-state index in [0.29, 0.717) is 30.3 Å². The zero-order chi connectivity index (χ0) is 17.4. The number of hydrazone groups is 1. The monoisotopic (exact) mass is 326 g/mol. The lowest BCUT2D eigenvalue weighted by Crippen LogP contribution is -2.18. The van der Waals surface area contributed by atoms with Crippen LogP contribution in [0.4, 0.5) is 0 Å². The Morgan fingerprint density at radius 3 is 2.50 bits per heavy atom. The second kappa shape index (κ2) is 8.72. The van der Waals surface area contributed by atoms with Crippen LogP contribution in [0.2, 0.25) is 0 Å². The van der Waals surface area contributed by atoms with Crippen LogP contribution in [-0.2, 0) is 0 Å². The number of carbonyl (C=O) groups is 1. The molecule has 126 valence electrons. The van der Waals surface area contributed by atoms with Crippen molar-refractivity contribution in [1.29, 1.82) is 0 Å². The minimum Gasteiger partial charge on any atom is -0.490 e. The van der Waals surface area contributed by atoms with E-state index in [4.69, 9.17) is 9.47 Å². The molecular formula is C19H22N2O3. The molecule has 0 atom stereocenters. The van der Waals surface area contributed by atoms with Crippen molar-refractivity contribution in [2.24, 2.45) is 5.10 Å². The third kappa shape index (κ3) is 4.59. The molecule has 5 nitrogen and oxygen atoms in total. The molecule has 0 bridgehead atoms. The number of aryl methyl sites for hydroxylation is 1. The first-order valence-corrected chi connectivity index (χ1v) is 7.94. The Labute approximate surface area is 142 Å². The van der Waals surface area contributed by atoms with Gasteiger partial charge in [0.1, 0.15) is 0 Å². The Morgan fingerprint density at radius 1 is 1.08 bits per heavy atom. The van der Waals surface area contributed by atoms with Crippen LogP contribution in [0.1, 0.15) is 35.3 Å². The van der Waals surface area contributed by atoms with E-state index in [-0.39, 0.29) is 5.91 Å². The predicted molar refractivity (Wildman–Crippen MR) is 95.0 cm³/mol. The summed E-state index contributed by atoms with van der Waals surface area (Å²) in [6.07, 6.45) is 1.58. The van der Waals surface area contributed by atoms with E-state index in [2.05, 4.69) is 10.5 Å². The Balaban J connectivity index is 2.07. The number of hydrogen-bond acceptors (Lipinski definition) is 4. The Kier molecular flexibility index (Phi) is 6.37. The van der Waals surface area contributed by atoms with Gasteiger partial charge in [0.25, 0.3) is 5.91 Å². The van der Waals surface area contributed by atoms with E-state index in [1.54, 1.807) is 12.3 Å². The van der Waals surface area contributed by atoms with E-state index < -0.39 is 0 Å². The maximum absolute atomic E-state index is 12.1. The van der Waals surface area contributed by atoms with E-state index in [0.717, 1.165) is 11.1 Å². The van der Waals surface area contributed by atoms with Crippen LogP contribution in [0.5, 0.6) is 11.5 Å². The van der Waals surface area contributed by atoms with Gasteiger partial charge in [-0.1, -0.05) is 18.2 Å². The SMILES string of the molecule is CCOc1ccc(/C=N\NC(=O)c2ccccc2C)cc1OCC. The number of amides is 1. The van der Waals surface area contributed by atoms with Crippen LogP contribution in [0, 0.1) is 6.92 Å². The van der Waals surface area contributed by atoms with Crippen LogP contribution in [0.3, 0.4) is 0 Å². The van der Waals surface area contributed by atoms with Crippen LogP contribution in [-0.4, -0.2) is 25.3 Å². The lowest BCUT2D eigenvalue weighted by atomic mass is 10.1. The summed E-state index contributed by atoms with van der Waals surface area (Å²) in [6, 6.07) is 12.9. The minimum atomic E-state index is -0.236. The molecule has 0 unspecified atom stereocenters. The van der Waals surface area contributed by atoms with Crippen LogP contribution in [0.25, 0.3) is 0 Å². The first-order chi connectivity index (χ1) is 11.7. The molecule has 0 aliphatic rings. The van der Waals surface area contributed by atoms with E-state index in [1.165, 1.54) is 0 Å². The maximum atomic E-state index is 12.1. The normalized spacial score (nSPS) is 10.6. The molecule has 0 saturated carbocycles. The molecule has 24 heavy (non-hydrogen) atoms. The highest BCUT2D eigenvalue weighted by Crippen LogP contribution is 2.27. The molecule has 1 N–H and O–H groups in total. The van der Waals surface area contributed by atoms with E-state index in [1.807, 2.05) is 57.2 Å². The summed E-state index contributed by atoms with van der Waals surface area (Å²) in [4.78, 5) is 12.1. The second-order valence-electron chi connectivity index (χ2n) is 5.09. The average Bonchev–Trinajstić information content (AvgIpc) is 2.58. The first kappa shape index (κ1) is 17.5. The molecule has 2 aromatic rings. The van der Waals surface area contributed by atoms with Crippen LogP contribution in [0.15, 0.2) is 47.6 Å². The van der Waals surface area contributed by atoms with Gasteiger partial charge < -0.3 is 9.47 Å². The third-order valence-electron chi connectivity index (χ3n) is 3.34. The lowest BCUT2D eigenvalue weighted by molar-refractivity contribution is 0.0954. The molecule has 5 heteroatoms. The molecule has 0 aliphatic heterocycles. The average molecular weight is 326 g/mol. The van der Waals surface area contributed by atoms with Crippen molar-refractivity contribution >= 4 is 12.1 Å². The van der Waals surface area contributed by atoms with Crippen molar-refractivity contribution in [3.05, 3.63) is 59.2 Å². The molecular weight excluding hydrogens is 304 g/mol. The molecule has 0 aromatic heterocycles. The lowest BCUT2D eigenvalue weighted by Gasteiger charge is -2.11. The number of carbonyl (C=O) groups excluding carboxylic acids is 1. The Hall–Kier alpha value is -2.82. The van der Waals surface area contributed by atoms with Crippen molar-refractivity contribution < 1.29 is 14.3 Å². The van der Waals surface area contributed by atoms with E-state index in [9.17, 15) is 4.79 Å². The van der Waals surface area contributed by atoms with Gasteiger partial charge in [-0.05, 0) is 56.2 Å². The number of hydrogen-bond donors (Lipinski definition) is 1. The van der Waals surface area contributed by atoms with Gasteiger partial charge in [0.15, 0.2) is 11.5 Å². The summed E-state index contributed by atoms with van der Waals surface area (Å²) >= 11 is 0. The first-order valence-electron chi connectivity index (χ1n) is 7.94. The number of benzene rings is 2. The van der Waals surface area contributed by atoms with Gasteiger partial charge in [-0.25, -0.2) is 5.43 Å². The summed E-state index contributed by atoms with van der Waals surface area (Å²) in [7, 11) is 0. The van der Waals surface area contributed by atoms with Crippen molar-refractivity contribution in [1.82, 2.24) is 5.43 Å². The van der Waals surface area contributed by atoms with Crippen molar-refractivity contribution in [3.8, 4) is 11.5 Å². The summed E-state index contributed by atoms with van der Waals surface area (Å²) in [5, 5.41) is 4.02. The highest BCUT2D eigenvalue weighted by molar-refractivity contribution is 5.96. The number of nitrogens with one attached hydrogen (secondary N) is 1. The number of nitrogens with zero attached hydrogens (tertiary/aromatic N) is 1. The van der Waals surface area contributed by atoms with Crippen molar-refractivity contribution in [2.75, 3.05) is 13.2 Å². The summed E-state index contributed by atoms with van der Waals surface area (Å²) < 4.78 is 11.1. The van der Waals surface area contributed by atoms with Crippen molar-refractivity contribution in [2.45, 2.75) is 20.8 Å². The van der Waals surface area contributed by atoms with Gasteiger partial charge in [-0.3, -0.25) is 4.79 Å². The Bertz CT molecular complexity index is 726. The highest BCUT2D eigenvalue weighted by atomic mass is 16.5. The van der Waals surface area contributed by atoms with Gasteiger partial charge in [0.05, 0.1) is 19.4 Å². The second-order valence-corrected chi connectivity index (χ2v) is 5.09. The van der Waals surface area contributed by atoms with Gasteiger partial charge in [-0.2, -0.15) is 5.10 Å². The fraction of sp³-hybridized carbons (Fsp3) is 0.263. The van der Waals surface area contributed by atoms with Crippen LogP contribution < -0.4 is 14.9 Å². The summed E-state index contributed by atoms with van der Waals surface area (Å²) in [5.74, 6) is 1.12. The molecule has 2 aromatic carbocycles. The largest absolute Gasteiger partial charge is 0.490 e. The number of ether oxygens (including phenoxy) is 2. The van der Waals surface area contributed by atoms with Gasteiger partial charge in [-0.15, -0.1) is 0 Å². The molecule has 0 aliphatic carbocycles. The third-order valence-corrected chi connectivity index (χ3v) is 3.34. The number of rotatable bonds is 7. The summed E-state index contributed by atoms with van der Waals surface area (Å²) in [6.45, 7) is 6.84. The Morgan fingerprint density at radius 2 is 1.79 bits per heavy atom. The topological polar surface area (TPSA) is 59.9 Å². The molecule has 0 heterocycles. The smallest absolute Gasteiger partial charge is 0.271 e. The fourth-order valence-corrected chi connectivity index (χ4v) is 2.20. The molecule has 0 radical (unpaired) electrons. The highest BCUT2D eigenvalue weighted by Gasteiger charge is 2.07. The van der Waals surface area contributed by atoms with Gasteiger partial charge >= 0.3 is 0 Å². The predicted octanol–water partition coefficient (Wildman–Crippen LogP) is 3.56. The molecule has 2 rings (SSSR count). The molecule has 0 fully saturated rings.